The van der Waals surface area contributed by atoms with Gasteiger partial charge < -0.3 is 5.32 Å². The maximum absolute atomic E-state index is 13.0. The number of amides is 1. The van der Waals surface area contributed by atoms with Gasteiger partial charge in [0.2, 0.25) is 11.8 Å². The van der Waals surface area contributed by atoms with E-state index < -0.39 is 5.92 Å². The number of hydrogen-bond donors (Lipinski definition) is 1. The quantitative estimate of drug-likeness (QED) is 0.859. The van der Waals surface area contributed by atoms with Gasteiger partial charge in [-0.15, -0.1) is 0 Å². The largest absolute Gasteiger partial charge is 0.326 e. The van der Waals surface area contributed by atoms with Crippen molar-refractivity contribution in [1.82, 2.24) is 0 Å². The molecule has 3 nitrogen and oxygen atoms in total. The number of carbonyl (C=O) groups excluding carboxylic acids is 2. The Bertz CT molecular complexity index is 518. The fourth-order valence-corrected chi connectivity index (χ4v) is 2.36. The summed E-state index contributed by atoms with van der Waals surface area (Å²) in [4.78, 5) is 23.3. The van der Waals surface area contributed by atoms with Crippen LogP contribution in [0.4, 0.5) is 14.5 Å². The van der Waals surface area contributed by atoms with E-state index in [1.807, 2.05) is 0 Å². The number of rotatable bonds is 3. The summed E-state index contributed by atoms with van der Waals surface area (Å²) >= 11 is 0. The highest BCUT2D eigenvalue weighted by Gasteiger charge is 2.37. The van der Waals surface area contributed by atoms with E-state index in [2.05, 4.69) is 5.32 Å². The highest BCUT2D eigenvalue weighted by molar-refractivity contribution is 5.97. The zero-order valence-electron chi connectivity index (χ0n) is 11.3. The van der Waals surface area contributed by atoms with E-state index in [4.69, 9.17) is 0 Å². The Balaban J connectivity index is 1.98. The minimum absolute atomic E-state index is 0.0848. The van der Waals surface area contributed by atoms with Crippen molar-refractivity contribution >= 4 is 17.4 Å². The summed E-state index contributed by atoms with van der Waals surface area (Å²) in [6.07, 6.45) is -0.0758. The third-order valence-corrected chi connectivity index (χ3v) is 3.62. The number of halogens is 2. The first-order valence-corrected chi connectivity index (χ1v) is 6.67. The average molecular weight is 281 g/mol. The topological polar surface area (TPSA) is 46.2 Å². The van der Waals surface area contributed by atoms with Crippen molar-refractivity contribution in [3.05, 3.63) is 29.8 Å². The molecule has 1 aromatic carbocycles. The van der Waals surface area contributed by atoms with Crippen LogP contribution in [-0.4, -0.2) is 17.6 Å². The predicted molar refractivity (Wildman–Crippen MR) is 72.0 cm³/mol. The van der Waals surface area contributed by atoms with Crippen LogP contribution in [0.25, 0.3) is 0 Å². The predicted octanol–water partition coefficient (Wildman–Crippen LogP) is 3.65. The molecule has 0 atom stereocenters. The highest BCUT2D eigenvalue weighted by Crippen LogP contribution is 2.36. The summed E-state index contributed by atoms with van der Waals surface area (Å²) < 4.78 is 26.1. The van der Waals surface area contributed by atoms with E-state index in [0.717, 1.165) is 0 Å². The summed E-state index contributed by atoms with van der Waals surface area (Å²) in [6.45, 7) is 1.45. The van der Waals surface area contributed by atoms with Gasteiger partial charge in [-0.2, -0.15) is 0 Å². The van der Waals surface area contributed by atoms with Crippen LogP contribution in [0, 0.1) is 5.92 Å². The van der Waals surface area contributed by atoms with Gasteiger partial charge in [-0.3, -0.25) is 9.59 Å². The van der Waals surface area contributed by atoms with E-state index in [1.54, 1.807) is 24.3 Å². The molecular formula is C15H17F2NO2. The molecule has 0 bridgehead atoms. The molecule has 0 radical (unpaired) electrons. The van der Waals surface area contributed by atoms with Crippen LogP contribution in [0.3, 0.4) is 0 Å². The second-order valence-electron chi connectivity index (χ2n) is 5.26. The molecule has 5 heteroatoms. The molecule has 2 rings (SSSR count). The maximum Gasteiger partial charge on any atom is 0.248 e. The Morgan fingerprint density at radius 3 is 2.50 bits per heavy atom. The van der Waals surface area contributed by atoms with Gasteiger partial charge in [0.1, 0.15) is 0 Å². The fraction of sp³-hybridized carbons (Fsp3) is 0.467. The number of benzene rings is 1. The fourth-order valence-electron chi connectivity index (χ4n) is 2.36. The van der Waals surface area contributed by atoms with Crippen molar-refractivity contribution in [2.24, 2.45) is 5.92 Å². The number of carbonyl (C=O) groups is 2. The first kappa shape index (κ1) is 14.6. The molecule has 108 valence electrons. The van der Waals surface area contributed by atoms with Crippen molar-refractivity contribution in [3.8, 4) is 0 Å². The lowest BCUT2D eigenvalue weighted by Crippen LogP contribution is -2.31. The molecule has 1 N–H and O–H groups in total. The zero-order valence-corrected chi connectivity index (χ0v) is 11.3. The van der Waals surface area contributed by atoms with E-state index >= 15 is 0 Å². The van der Waals surface area contributed by atoms with Gasteiger partial charge in [-0.25, -0.2) is 8.78 Å². The Hall–Kier alpha value is -1.78. The normalized spacial score (nSPS) is 18.6. The number of ketones is 1. The lowest BCUT2D eigenvalue weighted by molar-refractivity contribution is -0.124. The molecule has 1 aliphatic rings. The second-order valence-corrected chi connectivity index (χ2v) is 5.26. The molecule has 20 heavy (non-hydrogen) atoms. The molecule has 0 heterocycles. The lowest BCUT2D eigenvalue weighted by Gasteiger charge is -2.27. The van der Waals surface area contributed by atoms with E-state index in [1.165, 1.54) is 6.92 Å². The third kappa shape index (κ3) is 3.62. The van der Waals surface area contributed by atoms with Crippen molar-refractivity contribution < 1.29 is 18.4 Å². The zero-order chi connectivity index (χ0) is 14.8. The Morgan fingerprint density at radius 2 is 1.90 bits per heavy atom. The number of anilines is 1. The first-order valence-electron chi connectivity index (χ1n) is 6.67. The van der Waals surface area contributed by atoms with Crippen LogP contribution < -0.4 is 5.32 Å². The number of hydrogen-bond acceptors (Lipinski definition) is 2. The maximum atomic E-state index is 13.0. The van der Waals surface area contributed by atoms with Gasteiger partial charge in [0, 0.05) is 30.0 Å². The van der Waals surface area contributed by atoms with Crippen molar-refractivity contribution in [2.75, 3.05) is 5.32 Å². The number of nitrogens with one attached hydrogen (secondary N) is 1. The molecule has 1 saturated carbocycles. The van der Waals surface area contributed by atoms with Crippen LogP contribution in [0.5, 0.6) is 0 Å². The van der Waals surface area contributed by atoms with E-state index in [0.29, 0.717) is 11.3 Å². The molecular weight excluding hydrogens is 264 g/mol. The highest BCUT2D eigenvalue weighted by atomic mass is 19.3. The van der Waals surface area contributed by atoms with Crippen molar-refractivity contribution in [3.63, 3.8) is 0 Å². The molecule has 0 aromatic heterocycles. The molecule has 0 unspecified atom stereocenters. The molecule has 0 saturated heterocycles. The molecule has 1 amide bonds. The summed E-state index contributed by atoms with van der Waals surface area (Å²) in [6, 6.07) is 6.62. The third-order valence-electron chi connectivity index (χ3n) is 3.62. The SMILES string of the molecule is CC(=O)c1cccc(NC(=O)C2CCC(F)(F)CC2)c1. The summed E-state index contributed by atoms with van der Waals surface area (Å²) in [7, 11) is 0. The van der Waals surface area contributed by atoms with Crippen LogP contribution in [-0.2, 0) is 4.79 Å². The van der Waals surface area contributed by atoms with Crippen LogP contribution in [0.2, 0.25) is 0 Å². The minimum Gasteiger partial charge on any atom is -0.326 e. The van der Waals surface area contributed by atoms with Crippen molar-refractivity contribution in [1.29, 1.82) is 0 Å². The minimum atomic E-state index is -2.63. The molecule has 1 aromatic rings. The van der Waals surface area contributed by atoms with Gasteiger partial charge in [0.25, 0.3) is 0 Å². The van der Waals surface area contributed by atoms with Gasteiger partial charge in [0.05, 0.1) is 0 Å². The molecule has 0 spiro atoms. The van der Waals surface area contributed by atoms with Gasteiger partial charge in [-0.05, 0) is 31.9 Å². The Morgan fingerprint density at radius 1 is 1.25 bits per heavy atom. The smallest absolute Gasteiger partial charge is 0.248 e. The summed E-state index contributed by atoms with van der Waals surface area (Å²) in [5.74, 6) is -3.35. The molecule has 1 fully saturated rings. The monoisotopic (exact) mass is 281 g/mol. The standard InChI is InChI=1S/C15H17F2NO2/c1-10(19)12-3-2-4-13(9-12)18-14(20)11-5-7-15(16,17)8-6-11/h2-4,9,11H,5-8H2,1H3,(H,18,20). The summed E-state index contributed by atoms with van der Waals surface area (Å²) in [5, 5.41) is 2.70. The lowest BCUT2D eigenvalue weighted by atomic mass is 9.86. The van der Waals surface area contributed by atoms with Gasteiger partial charge >= 0.3 is 0 Å². The number of alkyl halides is 2. The number of Topliss-reactive ketones (excluding diaryl/α,β-unsaturated/α-hetero) is 1. The Kier molecular flexibility index (Phi) is 4.16. The molecule has 1 aliphatic carbocycles. The average Bonchev–Trinajstić information content (AvgIpc) is 2.38. The first-order chi connectivity index (χ1) is 9.37. The van der Waals surface area contributed by atoms with Gasteiger partial charge in [0.15, 0.2) is 5.78 Å². The van der Waals surface area contributed by atoms with E-state index in [-0.39, 0.29) is 43.3 Å². The second kappa shape index (κ2) is 5.69. The molecule has 0 aliphatic heterocycles. The van der Waals surface area contributed by atoms with E-state index in [9.17, 15) is 18.4 Å². The van der Waals surface area contributed by atoms with Crippen LogP contribution >= 0.6 is 0 Å². The van der Waals surface area contributed by atoms with Crippen LogP contribution in [0.1, 0.15) is 43.0 Å². The van der Waals surface area contributed by atoms with Gasteiger partial charge in [-0.1, -0.05) is 12.1 Å². The van der Waals surface area contributed by atoms with Crippen LogP contribution in [0.15, 0.2) is 24.3 Å². The Labute approximate surface area is 116 Å². The summed E-state index contributed by atoms with van der Waals surface area (Å²) in [5.41, 5.74) is 1.04. The van der Waals surface area contributed by atoms with Crippen molar-refractivity contribution in [2.45, 2.75) is 38.5 Å².